The first-order chi connectivity index (χ1) is 26.6. The fraction of sp³-hybridized carbons (Fsp3) is 0.952. The van der Waals surface area contributed by atoms with Crippen molar-refractivity contribution in [2.45, 2.75) is 173 Å². The topological polar surface area (TPSA) is 259 Å². The van der Waals surface area contributed by atoms with Crippen molar-refractivity contribution in [1.29, 1.82) is 0 Å². The van der Waals surface area contributed by atoms with E-state index in [-0.39, 0.29) is 25.0 Å². The van der Waals surface area contributed by atoms with Gasteiger partial charge >= 0.3 is 0 Å². The van der Waals surface area contributed by atoms with E-state index >= 15 is 0 Å². The second-order valence-corrected chi connectivity index (χ2v) is 20.8. The molecular weight excluding hydrogens is 744 g/mol. The molecule has 0 aromatic carbocycles. The van der Waals surface area contributed by atoms with Gasteiger partial charge in [0.15, 0.2) is 12.6 Å². The van der Waals surface area contributed by atoms with Crippen LogP contribution in [0.5, 0.6) is 0 Å². The van der Waals surface area contributed by atoms with Gasteiger partial charge in [-0.2, -0.15) is 0 Å². The molecule has 2 heterocycles. The van der Waals surface area contributed by atoms with Gasteiger partial charge in [-0.3, -0.25) is 0 Å². The number of hydrogen-bond acceptors (Lipinski definition) is 15. The average molecular weight is 815 g/mol. The third kappa shape index (κ3) is 6.55. The lowest BCUT2D eigenvalue weighted by molar-refractivity contribution is -0.338. The molecule has 7 rings (SSSR count). The van der Waals surface area contributed by atoms with Gasteiger partial charge in [-0.1, -0.05) is 53.2 Å². The molecule has 328 valence electrons. The molecule has 15 nitrogen and oxygen atoms in total. The van der Waals surface area contributed by atoms with Crippen LogP contribution in [0.25, 0.3) is 0 Å². The fourth-order valence-electron chi connectivity index (χ4n) is 13.8. The van der Waals surface area contributed by atoms with Crippen LogP contribution in [-0.2, 0) is 18.9 Å². The third-order valence-electron chi connectivity index (χ3n) is 17.6. The highest BCUT2D eigenvalue weighted by Gasteiger charge is 2.72. The largest absolute Gasteiger partial charge is 0.396 e. The van der Waals surface area contributed by atoms with Gasteiger partial charge in [0.2, 0.25) is 0 Å². The van der Waals surface area contributed by atoms with E-state index in [1.807, 2.05) is 6.92 Å². The molecule has 2 saturated heterocycles. The van der Waals surface area contributed by atoms with Crippen molar-refractivity contribution in [3.8, 4) is 0 Å². The van der Waals surface area contributed by atoms with E-state index in [0.29, 0.717) is 32.1 Å². The molecule has 11 N–H and O–H groups in total. The molecule has 0 aromatic rings. The molecule has 57 heavy (non-hydrogen) atoms. The van der Waals surface area contributed by atoms with Gasteiger partial charge < -0.3 is 75.1 Å². The van der Waals surface area contributed by atoms with Crippen LogP contribution in [0.1, 0.15) is 92.9 Å². The molecule has 7 aliphatic rings. The summed E-state index contributed by atoms with van der Waals surface area (Å²) in [5.74, 6) is -0.381. The second kappa shape index (κ2) is 15.2. The second-order valence-electron chi connectivity index (χ2n) is 20.8. The van der Waals surface area contributed by atoms with Crippen LogP contribution in [0.3, 0.4) is 0 Å². The Bertz CT molecular complexity index is 1500. The number of hydrogen-bond donors (Lipinski definition) is 11. The quantitative estimate of drug-likeness (QED) is 0.111. The zero-order valence-corrected chi connectivity index (χ0v) is 34.4. The molecule has 22 atom stereocenters. The maximum Gasteiger partial charge on any atom is 0.186 e. The van der Waals surface area contributed by atoms with Crippen molar-refractivity contribution in [3.63, 3.8) is 0 Å². The first-order valence-electron chi connectivity index (χ1n) is 21.1. The lowest BCUT2D eigenvalue weighted by Gasteiger charge is -2.73. The summed E-state index contributed by atoms with van der Waals surface area (Å²) in [5.41, 5.74) is -1.94. The first-order valence-corrected chi connectivity index (χ1v) is 21.1. The van der Waals surface area contributed by atoms with Crippen molar-refractivity contribution in [3.05, 3.63) is 11.6 Å². The summed E-state index contributed by atoms with van der Waals surface area (Å²) >= 11 is 0. The smallest absolute Gasteiger partial charge is 0.186 e. The van der Waals surface area contributed by atoms with E-state index in [4.69, 9.17) is 18.9 Å². The zero-order valence-electron chi connectivity index (χ0n) is 34.4. The first kappa shape index (κ1) is 44.2. The van der Waals surface area contributed by atoms with Gasteiger partial charge in [-0.25, -0.2) is 0 Å². The van der Waals surface area contributed by atoms with Gasteiger partial charge in [-0.15, -0.1) is 0 Å². The molecule has 5 aliphatic carbocycles. The molecule has 0 spiro atoms. The molecule has 0 aromatic heterocycles. The van der Waals surface area contributed by atoms with Gasteiger partial charge in [0, 0.05) is 16.7 Å². The summed E-state index contributed by atoms with van der Waals surface area (Å²) in [5, 5.41) is 118. The summed E-state index contributed by atoms with van der Waals surface area (Å²) in [6, 6.07) is 0. The maximum absolute atomic E-state index is 12.5. The van der Waals surface area contributed by atoms with Crippen molar-refractivity contribution in [1.82, 2.24) is 0 Å². The van der Waals surface area contributed by atoms with Crippen LogP contribution in [0, 0.1) is 50.2 Å². The molecule has 15 heteroatoms. The Morgan fingerprint density at radius 1 is 0.684 bits per heavy atom. The summed E-state index contributed by atoms with van der Waals surface area (Å²) in [6.07, 6.45) is -8.91. The Balaban J connectivity index is 1.15. The number of fused-ring (bicyclic) bond motifs is 7. The Labute approximate surface area is 335 Å². The molecule has 22 unspecified atom stereocenters. The highest BCUT2D eigenvalue weighted by molar-refractivity contribution is 5.35. The molecule has 2 aliphatic heterocycles. The van der Waals surface area contributed by atoms with Crippen LogP contribution in [0.15, 0.2) is 11.6 Å². The van der Waals surface area contributed by atoms with Gasteiger partial charge in [0.25, 0.3) is 0 Å². The van der Waals surface area contributed by atoms with Crippen molar-refractivity contribution in [2.24, 2.45) is 50.2 Å². The summed E-state index contributed by atoms with van der Waals surface area (Å²) < 4.78 is 23.9. The predicted molar refractivity (Wildman–Crippen MR) is 202 cm³/mol. The minimum absolute atomic E-state index is 0.0192. The van der Waals surface area contributed by atoms with Crippen molar-refractivity contribution >= 4 is 0 Å². The van der Waals surface area contributed by atoms with E-state index in [1.54, 1.807) is 0 Å². The van der Waals surface area contributed by atoms with Crippen LogP contribution in [0.4, 0.5) is 0 Å². The van der Waals surface area contributed by atoms with Crippen LogP contribution < -0.4 is 0 Å². The molecule has 6 fully saturated rings. The number of aliphatic hydroxyl groups is 11. The van der Waals surface area contributed by atoms with Crippen LogP contribution >= 0.6 is 0 Å². The Morgan fingerprint density at radius 2 is 1.28 bits per heavy atom. The van der Waals surface area contributed by atoms with Crippen LogP contribution in [0.2, 0.25) is 0 Å². The van der Waals surface area contributed by atoms with E-state index in [1.165, 1.54) is 5.57 Å². The normalized spacial score (nSPS) is 57.8. The van der Waals surface area contributed by atoms with E-state index in [9.17, 15) is 56.2 Å². The Morgan fingerprint density at radius 3 is 1.88 bits per heavy atom. The van der Waals surface area contributed by atoms with E-state index < -0.39 is 131 Å². The number of ether oxygens (including phenoxy) is 4. The molecule has 0 bridgehead atoms. The Hall–Kier alpha value is -0.860. The third-order valence-corrected chi connectivity index (χ3v) is 17.6. The molecule has 4 saturated carbocycles. The molecular formula is C42H70O15. The van der Waals surface area contributed by atoms with Gasteiger partial charge in [0.1, 0.15) is 48.8 Å². The fourth-order valence-corrected chi connectivity index (χ4v) is 13.8. The number of rotatable bonds is 8. The highest BCUT2D eigenvalue weighted by Crippen LogP contribution is 2.76. The van der Waals surface area contributed by atoms with Gasteiger partial charge in [0.05, 0.1) is 44.7 Å². The van der Waals surface area contributed by atoms with E-state index in [0.717, 1.165) is 19.3 Å². The van der Waals surface area contributed by atoms with E-state index in [2.05, 4.69) is 40.7 Å². The van der Waals surface area contributed by atoms with Crippen molar-refractivity contribution < 1.29 is 75.1 Å². The average Bonchev–Trinajstić information content (AvgIpc) is 3.16. The molecule has 0 radical (unpaired) electrons. The summed E-state index contributed by atoms with van der Waals surface area (Å²) in [6.45, 7) is 11.6. The lowest BCUT2D eigenvalue weighted by atomic mass is 9.33. The standard InChI is InChI=1S/C42H70O15/c1-37(19-54-35-32(52)30(50)28(48)23(16-43)55-35)11-12-38(2)21(13-37)20-7-8-25-39(3)10-9-27(57-36-33(53)31(51)29(49)24(17-44)56-36)40(4,18-45)34(39)22(46)14-42(25,6)41(20,5)15-26(38)47/h7,21-36,43-53H,8-19H2,1-6H3. The van der Waals surface area contributed by atoms with Crippen molar-refractivity contribution in [2.75, 3.05) is 26.4 Å². The highest BCUT2D eigenvalue weighted by atomic mass is 16.7. The lowest BCUT2D eigenvalue weighted by Crippen LogP contribution is -2.70. The summed E-state index contributed by atoms with van der Waals surface area (Å²) in [4.78, 5) is 0. The molecule has 0 amide bonds. The minimum Gasteiger partial charge on any atom is -0.396 e. The monoisotopic (exact) mass is 814 g/mol. The summed E-state index contributed by atoms with van der Waals surface area (Å²) in [7, 11) is 0. The van der Waals surface area contributed by atoms with Gasteiger partial charge in [-0.05, 0) is 84.9 Å². The van der Waals surface area contributed by atoms with Crippen LogP contribution in [-0.4, -0.2) is 162 Å². The maximum atomic E-state index is 12.5. The zero-order chi connectivity index (χ0) is 41.8. The number of aliphatic hydroxyl groups excluding tert-OH is 11. The predicted octanol–water partition coefficient (Wildman–Crippen LogP) is -0.296. The minimum atomic E-state index is -1.61. The Kier molecular flexibility index (Phi) is 11.8. The SMILES string of the molecule is CC1(COC2OC(CO)C(O)C(O)C2O)CCC2(C)C(O)CC3(C)C(=CCC4C5(C)CCC(OC6OC(CO)C(O)C(O)C6O)C(C)(CO)C5C(O)CC43C)C2C1. The number of allylic oxidation sites excluding steroid dienone is 2.